The van der Waals surface area contributed by atoms with Crippen LogP contribution in [0.25, 0.3) is 11.4 Å². The number of hydrogen-bond donors (Lipinski definition) is 0. The largest absolute Gasteiger partial charge is 0.495 e. The number of hydrogen-bond acceptors (Lipinski definition) is 6. The van der Waals surface area contributed by atoms with Crippen molar-refractivity contribution in [1.82, 2.24) is 15.1 Å². The molecule has 0 N–H and O–H groups in total. The summed E-state index contributed by atoms with van der Waals surface area (Å²) in [5.41, 5.74) is 0.240. The fourth-order valence-electron chi connectivity index (χ4n) is 2.03. The molecule has 0 saturated heterocycles. The zero-order valence-electron chi connectivity index (χ0n) is 13.2. The number of aromatic nitrogens is 3. The first-order valence-electron chi connectivity index (χ1n) is 7.18. The van der Waals surface area contributed by atoms with Crippen LogP contribution in [0.1, 0.15) is 11.5 Å². The summed E-state index contributed by atoms with van der Waals surface area (Å²) in [5.74, 6) is -1.91. The van der Waals surface area contributed by atoms with Gasteiger partial charge < -0.3 is 14.0 Å². The van der Waals surface area contributed by atoms with Gasteiger partial charge in [0.05, 0.1) is 25.1 Å². The van der Waals surface area contributed by atoms with Crippen LogP contribution in [0.4, 0.5) is 17.6 Å². The van der Waals surface area contributed by atoms with E-state index in [9.17, 15) is 17.6 Å². The van der Waals surface area contributed by atoms with Crippen LogP contribution in [0.2, 0.25) is 0 Å². The molecule has 3 rings (SSSR count). The van der Waals surface area contributed by atoms with Crippen molar-refractivity contribution in [2.75, 3.05) is 7.11 Å². The topological polar surface area (TPSA) is 70.3 Å². The Labute approximate surface area is 144 Å². The summed E-state index contributed by atoms with van der Waals surface area (Å²) in [6, 6.07) is 5.46. The average Bonchev–Trinajstić information content (AvgIpc) is 3.10. The third-order valence-electron chi connectivity index (χ3n) is 3.27. The van der Waals surface area contributed by atoms with Crippen LogP contribution < -0.4 is 9.47 Å². The predicted molar refractivity (Wildman–Crippen MR) is 79.8 cm³/mol. The van der Waals surface area contributed by atoms with E-state index in [0.717, 1.165) is 6.07 Å². The molecule has 3 aromatic rings. The molecule has 0 aliphatic rings. The highest BCUT2D eigenvalue weighted by atomic mass is 19.4. The molecule has 10 heteroatoms. The van der Waals surface area contributed by atoms with Gasteiger partial charge >= 0.3 is 12.1 Å². The molecule has 1 aromatic carbocycles. The van der Waals surface area contributed by atoms with E-state index in [2.05, 4.69) is 19.6 Å². The van der Waals surface area contributed by atoms with Gasteiger partial charge in [-0.15, -0.1) is 0 Å². The fraction of sp³-hybridized carbons (Fsp3) is 0.188. The molecule has 0 unspecified atom stereocenters. The number of alkyl halides is 3. The molecule has 0 aliphatic heterocycles. The van der Waals surface area contributed by atoms with Crippen LogP contribution >= 0.6 is 0 Å². The van der Waals surface area contributed by atoms with E-state index < -0.39 is 23.7 Å². The van der Waals surface area contributed by atoms with Crippen molar-refractivity contribution in [3.05, 3.63) is 53.9 Å². The Morgan fingerprint density at radius 2 is 1.88 bits per heavy atom. The first-order valence-corrected chi connectivity index (χ1v) is 7.18. The number of pyridine rings is 1. The average molecular weight is 369 g/mol. The molecule has 2 aromatic heterocycles. The van der Waals surface area contributed by atoms with Gasteiger partial charge in [0.15, 0.2) is 0 Å². The Morgan fingerprint density at radius 1 is 1.12 bits per heavy atom. The highest BCUT2D eigenvalue weighted by molar-refractivity contribution is 5.55. The van der Waals surface area contributed by atoms with Crippen LogP contribution in [0.15, 0.2) is 41.2 Å². The van der Waals surface area contributed by atoms with Crippen LogP contribution in [0.3, 0.4) is 0 Å². The van der Waals surface area contributed by atoms with Crippen LogP contribution in [0.5, 0.6) is 11.5 Å². The van der Waals surface area contributed by atoms with E-state index >= 15 is 0 Å². The Kier molecular flexibility index (Phi) is 4.74. The minimum atomic E-state index is -4.79. The van der Waals surface area contributed by atoms with Gasteiger partial charge in [0.1, 0.15) is 23.9 Å². The van der Waals surface area contributed by atoms with Crippen LogP contribution in [-0.2, 0) is 12.8 Å². The van der Waals surface area contributed by atoms with E-state index in [1.165, 1.54) is 31.6 Å². The van der Waals surface area contributed by atoms with Crippen molar-refractivity contribution < 1.29 is 31.6 Å². The number of rotatable bonds is 5. The summed E-state index contributed by atoms with van der Waals surface area (Å²) in [5, 5.41) is 3.16. The Morgan fingerprint density at radius 3 is 2.54 bits per heavy atom. The van der Waals surface area contributed by atoms with Crippen molar-refractivity contribution >= 4 is 0 Å². The van der Waals surface area contributed by atoms with Crippen molar-refractivity contribution in [3.8, 4) is 22.9 Å². The molecule has 26 heavy (non-hydrogen) atoms. The first-order chi connectivity index (χ1) is 12.4. The summed E-state index contributed by atoms with van der Waals surface area (Å²) in [7, 11) is 1.48. The molecule has 0 spiro atoms. The Bertz CT molecular complexity index is 912. The molecule has 0 aliphatic carbocycles. The van der Waals surface area contributed by atoms with E-state index in [4.69, 9.17) is 9.47 Å². The second-order valence-corrected chi connectivity index (χ2v) is 5.08. The van der Waals surface area contributed by atoms with Crippen LogP contribution in [-0.4, -0.2) is 22.2 Å². The summed E-state index contributed by atoms with van der Waals surface area (Å²) in [4.78, 5) is 7.08. The van der Waals surface area contributed by atoms with Gasteiger partial charge in [-0.2, -0.15) is 18.2 Å². The van der Waals surface area contributed by atoms with Gasteiger partial charge in [-0.25, -0.2) is 4.39 Å². The lowest BCUT2D eigenvalue weighted by Gasteiger charge is -2.08. The standard InChI is InChI=1S/C16H11F4N3O3/c1-24-10-5-11(7-21-6-10)25-8-9-2-3-12(13(17)4-9)14-22-15(26-23-14)16(18,19)20/h2-7H,8H2,1H3. The van der Waals surface area contributed by atoms with Gasteiger partial charge in [-0.05, 0) is 17.7 Å². The summed E-state index contributed by atoms with van der Waals surface area (Å²) < 4.78 is 66.2. The lowest BCUT2D eigenvalue weighted by molar-refractivity contribution is -0.159. The first kappa shape index (κ1) is 17.6. The number of ether oxygens (including phenoxy) is 2. The smallest absolute Gasteiger partial charge is 0.471 e. The maximum absolute atomic E-state index is 14.2. The van der Waals surface area contributed by atoms with Crippen molar-refractivity contribution in [1.29, 1.82) is 0 Å². The Hall–Kier alpha value is -3.17. The lowest BCUT2D eigenvalue weighted by Crippen LogP contribution is -2.05. The third kappa shape index (κ3) is 3.90. The molecule has 0 atom stereocenters. The number of benzene rings is 1. The molecule has 0 amide bonds. The van der Waals surface area contributed by atoms with Gasteiger partial charge in [0, 0.05) is 6.07 Å². The van der Waals surface area contributed by atoms with Crippen molar-refractivity contribution in [3.63, 3.8) is 0 Å². The summed E-state index contributed by atoms with van der Waals surface area (Å²) >= 11 is 0. The molecular formula is C16H11F4N3O3. The molecule has 2 heterocycles. The highest BCUT2D eigenvalue weighted by Gasteiger charge is 2.38. The van der Waals surface area contributed by atoms with Gasteiger partial charge in [-0.3, -0.25) is 4.98 Å². The quantitative estimate of drug-likeness (QED) is 0.636. The maximum Gasteiger partial charge on any atom is 0.471 e. The fourth-order valence-corrected chi connectivity index (χ4v) is 2.03. The van der Waals surface area contributed by atoms with E-state index in [1.54, 1.807) is 6.07 Å². The molecule has 0 saturated carbocycles. The predicted octanol–water partition coefficient (Wildman–Crippen LogP) is 3.88. The summed E-state index contributed by atoms with van der Waals surface area (Å²) in [6.07, 6.45) is -1.83. The van der Waals surface area contributed by atoms with Gasteiger partial charge in [0.2, 0.25) is 5.82 Å². The number of halogens is 4. The van der Waals surface area contributed by atoms with Crippen molar-refractivity contribution in [2.45, 2.75) is 12.8 Å². The van der Waals surface area contributed by atoms with Gasteiger partial charge in [0.25, 0.3) is 0 Å². The monoisotopic (exact) mass is 369 g/mol. The van der Waals surface area contributed by atoms with E-state index in [0.29, 0.717) is 17.1 Å². The lowest BCUT2D eigenvalue weighted by atomic mass is 10.1. The molecular weight excluding hydrogens is 358 g/mol. The zero-order valence-corrected chi connectivity index (χ0v) is 13.2. The Balaban J connectivity index is 1.74. The SMILES string of the molecule is COc1cncc(OCc2ccc(-c3noc(C(F)(F)F)n3)c(F)c2)c1. The third-order valence-corrected chi connectivity index (χ3v) is 3.27. The zero-order chi connectivity index (χ0) is 18.7. The minimum Gasteiger partial charge on any atom is -0.495 e. The van der Waals surface area contributed by atoms with Crippen molar-refractivity contribution in [2.24, 2.45) is 0 Å². The normalized spacial score (nSPS) is 11.4. The van der Waals surface area contributed by atoms with Crippen LogP contribution in [0, 0.1) is 5.82 Å². The second kappa shape index (κ2) is 6.98. The number of methoxy groups -OCH3 is 1. The van der Waals surface area contributed by atoms with Gasteiger partial charge in [-0.1, -0.05) is 11.2 Å². The molecule has 136 valence electrons. The number of nitrogens with zero attached hydrogens (tertiary/aromatic N) is 3. The minimum absolute atomic E-state index is 0.0199. The van der Waals surface area contributed by atoms with E-state index in [1.807, 2.05) is 0 Å². The molecule has 0 fully saturated rings. The molecule has 0 radical (unpaired) electrons. The summed E-state index contributed by atoms with van der Waals surface area (Å²) in [6.45, 7) is 0.0199. The highest BCUT2D eigenvalue weighted by Crippen LogP contribution is 2.30. The second-order valence-electron chi connectivity index (χ2n) is 5.08. The molecule has 6 nitrogen and oxygen atoms in total. The van der Waals surface area contributed by atoms with E-state index in [-0.39, 0.29) is 12.2 Å². The molecule has 0 bridgehead atoms. The maximum atomic E-state index is 14.2.